The van der Waals surface area contributed by atoms with Crippen LogP contribution in [0.1, 0.15) is 18.4 Å². The number of anilines is 1. The van der Waals surface area contributed by atoms with Crippen LogP contribution in [0.3, 0.4) is 0 Å². The Morgan fingerprint density at radius 2 is 2.06 bits per heavy atom. The van der Waals surface area contributed by atoms with Gasteiger partial charge in [0, 0.05) is 18.3 Å². The largest absolute Gasteiger partial charge is 0.381 e. The Kier molecular flexibility index (Phi) is 2.79. The summed E-state index contributed by atoms with van der Waals surface area (Å²) in [6, 6.07) is 5.86. The van der Waals surface area contributed by atoms with E-state index < -0.39 is 0 Å². The molecule has 0 aromatic heterocycles. The predicted octanol–water partition coefficient (Wildman–Crippen LogP) is 2.64. The monoisotopic (exact) mass is 234 g/mol. The van der Waals surface area contributed by atoms with E-state index in [1.165, 1.54) is 25.9 Å². The molecule has 1 atom stereocenters. The number of piperidine rings is 3. The summed E-state index contributed by atoms with van der Waals surface area (Å²) in [5.41, 5.74) is 1.78. The second kappa shape index (κ2) is 4.30. The second-order valence-corrected chi connectivity index (χ2v) is 5.35. The van der Waals surface area contributed by atoms with Crippen molar-refractivity contribution < 1.29 is 4.39 Å². The molecule has 0 saturated carbocycles. The van der Waals surface area contributed by atoms with Crippen LogP contribution in [0.15, 0.2) is 18.2 Å². The molecule has 0 aliphatic carbocycles. The molecule has 0 radical (unpaired) electrons. The van der Waals surface area contributed by atoms with Crippen LogP contribution >= 0.6 is 0 Å². The first kappa shape index (κ1) is 11.0. The van der Waals surface area contributed by atoms with Crippen LogP contribution in [0.5, 0.6) is 0 Å². The van der Waals surface area contributed by atoms with E-state index in [0.29, 0.717) is 6.04 Å². The van der Waals surface area contributed by atoms with E-state index >= 15 is 0 Å². The van der Waals surface area contributed by atoms with E-state index in [0.717, 1.165) is 23.7 Å². The van der Waals surface area contributed by atoms with E-state index in [1.54, 1.807) is 6.07 Å². The molecule has 3 aliphatic rings. The van der Waals surface area contributed by atoms with Gasteiger partial charge < -0.3 is 10.2 Å². The van der Waals surface area contributed by atoms with E-state index in [9.17, 15) is 4.39 Å². The summed E-state index contributed by atoms with van der Waals surface area (Å²) in [7, 11) is 0. The number of hydrogen-bond acceptors (Lipinski definition) is 2. The lowest BCUT2D eigenvalue weighted by Gasteiger charge is -2.45. The molecule has 2 nitrogen and oxygen atoms in total. The third-order valence-corrected chi connectivity index (χ3v) is 4.17. The molecule has 92 valence electrons. The van der Waals surface area contributed by atoms with Crippen LogP contribution in [0, 0.1) is 18.7 Å². The summed E-state index contributed by atoms with van der Waals surface area (Å²) < 4.78 is 13.2. The Morgan fingerprint density at radius 3 is 2.65 bits per heavy atom. The summed E-state index contributed by atoms with van der Waals surface area (Å²) in [5.74, 6) is 0.676. The van der Waals surface area contributed by atoms with Crippen LogP contribution in [-0.2, 0) is 0 Å². The minimum absolute atomic E-state index is 0.121. The molecule has 1 N–H and O–H groups in total. The fourth-order valence-corrected chi connectivity index (χ4v) is 3.08. The SMILES string of the molecule is Cc1cc(NC2CN3CCC2CC3)ccc1F. The van der Waals surface area contributed by atoms with Crippen molar-refractivity contribution in [3.63, 3.8) is 0 Å². The quantitative estimate of drug-likeness (QED) is 0.846. The van der Waals surface area contributed by atoms with Crippen LogP contribution in [-0.4, -0.2) is 30.6 Å². The highest BCUT2D eigenvalue weighted by Crippen LogP contribution is 2.29. The van der Waals surface area contributed by atoms with Crippen LogP contribution < -0.4 is 5.32 Å². The van der Waals surface area contributed by atoms with E-state index in [-0.39, 0.29) is 5.82 Å². The van der Waals surface area contributed by atoms with Crippen LogP contribution in [0.2, 0.25) is 0 Å². The smallest absolute Gasteiger partial charge is 0.126 e. The number of halogens is 1. The zero-order chi connectivity index (χ0) is 11.8. The van der Waals surface area contributed by atoms with Gasteiger partial charge in [0.15, 0.2) is 0 Å². The highest BCUT2D eigenvalue weighted by molar-refractivity contribution is 5.47. The van der Waals surface area contributed by atoms with E-state index in [2.05, 4.69) is 10.2 Å². The van der Waals surface area contributed by atoms with Crippen LogP contribution in [0.25, 0.3) is 0 Å². The Balaban J connectivity index is 1.72. The van der Waals surface area contributed by atoms with Crippen molar-refractivity contribution >= 4 is 5.69 Å². The lowest BCUT2D eigenvalue weighted by molar-refractivity contribution is 0.0975. The molecule has 3 heterocycles. The molecule has 0 amide bonds. The number of hydrogen-bond donors (Lipinski definition) is 1. The Hall–Kier alpha value is -1.09. The fourth-order valence-electron chi connectivity index (χ4n) is 3.08. The summed E-state index contributed by atoms with van der Waals surface area (Å²) in [5, 5.41) is 3.57. The van der Waals surface area contributed by atoms with Gasteiger partial charge in [-0.3, -0.25) is 0 Å². The molecule has 1 aromatic carbocycles. The zero-order valence-electron chi connectivity index (χ0n) is 10.2. The van der Waals surface area contributed by atoms with Crippen molar-refractivity contribution in [2.24, 2.45) is 5.92 Å². The first-order chi connectivity index (χ1) is 8.22. The predicted molar refractivity (Wildman–Crippen MR) is 67.7 cm³/mol. The van der Waals surface area contributed by atoms with Crippen molar-refractivity contribution in [3.8, 4) is 0 Å². The maximum Gasteiger partial charge on any atom is 0.126 e. The van der Waals surface area contributed by atoms with Gasteiger partial charge in [-0.25, -0.2) is 4.39 Å². The normalized spacial score (nSPS) is 31.5. The first-order valence-corrected chi connectivity index (χ1v) is 6.47. The highest BCUT2D eigenvalue weighted by Gasteiger charge is 2.33. The van der Waals surface area contributed by atoms with Gasteiger partial charge in [-0.2, -0.15) is 0 Å². The molecular formula is C14H19FN2. The lowest BCUT2D eigenvalue weighted by Crippen LogP contribution is -2.53. The van der Waals surface area contributed by atoms with Crippen molar-refractivity contribution in [1.82, 2.24) is 4.90 Å². The number of aryl methyl sites for hydroxylation is 1. The van der Waals surface area contributed by atoms with Gasteiger partial charge in [-0.15, -0.1) is 0 Å². The Morgan fingerprint density at radius 1 is 1.29 bits per heavy atom. The zero-order valence-corrected chi connectivity index (χ0v) is 10.2. The van der Waals surface area contributed by atoms with Crippen molar-refractivity contribution in [2.75, 3.05) is 25.0 Å². The number of nitrogens with one attached hydrogen (secondary N) is 1. The van der Waals surface area contributed by atoms with Gasteiger partial charge in [-0.1, -0.05) is 0 Å². The molecule has 3 aliphatic heterocycles. The highest BCUT2D eigenvalue weighted by atomic mass is 19.1. The lowest BCUT2D eigenvalue weighted by atomic mass is 9.84. The molecule has 1 aromatic rings. The van der Waals surface area contributed by atoms with E-state index in [4.69, 9.17) is 0 Å². The fraction of sp³-hybridized carbons (Fsp3) is 0.571. The Bertz CT molecular complexity index is 411. The van der Waals surface area contributed by atoms with Gasteiger partial charge in [0.1, 0.15) is 5.82 Å². The summed E-state index contributed by atoms with van der Waals surface area (Å²) in [6.45, 7) is 5.47. The molecule has 1 unspecified atom stereocenters. The topological polar surface area (TPSA) is 15.3 Å². The third kappa shape index (κ3) is 2.16. The minimum Gasteiger partial charge on any atom is -0.381 e. The third-order valence-electron chi connectivity index (χ3n) is 4.17. The number of rotatable bonds is 2. The second-order valence-electron chi connectivity index (χ2n) is 5.35. The molecule has 17 heavy (non-hydrogen) atoms. The summed E-state index contributed by atoms with van der Waals surface area (Å²) in [4.78, 5) is 2.52. The average molecular weight is 234 g/mol. The summed E-state index contributed by atoms with van der Waals surface area (Å²) in [6.07, 6.45) is 2.61. The average Bonchev–Trinajstić information content (AvgIpc) is 2.35. The summed E-state index contributed by atoms with van der Waals surface area (Å²) >= 11 is 0. The minimum atomic E-state index is -0.121. The standard InChI is InChI=1S/C14H19FN2/c1-10-8-12(2-3-13(10)15)16-14-9-17-6-4-11(14)5-7-17/h2-3,8,11,14,16H,4-7,9H2,1H3. The molecule has 3 fully saturated rings. The van der Waals surface area contributed by atoms with Crippen LogP contribution in [0.4, 0.5) is 10.1 Å². The van der Waals surface area contributed by atoms with Crippen molar-refractivity contribution in [1.29, 1.82) is 0 Å². The maximum absolute atomic E-state index is 13.2. The van der Waals surface area contributed by atoms with Gasteiger partial charge in [0.2, 0.25) is 0 Å². The van der Waals surface area contributed by atoms with E-state index in [1.807, 2.05) is 19.1 Å². The molecule has 2 bridgehead atoms. The van der Waals surface area contributed by atoms with Gasteiger partial charge in [0.25, 0.3) is 0 Å². The molecule has 3 heteroatoms. The van der Waals surface area contributed by atoms with Crippen molar-refractivity contribution in [2.45, 2.75) is 25.8 Å². The molecule has 3 saturated heterocycles. The Labute approximate surface area is 102 Å². The molecular weight excluding hydrogens is 215 g/mol. The van der Waals surface area contributed by atoms with Gasteiger partial charge >= 0.3 is 0 Å². The maximum atomic E-state index is 13.2. The van der Waals surface area contributed by atoms with Gasteiger partial charge in [-0.05, 0) is 62.5 Å². The first-order valence-electron chi connectivity index (χ1n) is 6.47. The van der Waals surface area contributed by atoms with Gasteiger partial charge in [0.05, 0.1) is 0 Å². The molecule has 0 spiro atoms. The van der Waals surface area contributed by atoms with Crippen molar-refractivity contribution in [3.05, 3.63) is 29.6 Å². The molecule has 4 rings (SSSR count). The number of nitrogens with zero attached hydrogens (tertiary/aromatic N) is 1. The number of benzene rings is 1. The number of fused-ring (bicyclic) bond motifs is 3.